The molecular formula is C12H15FN2O4. The molecule has 0 aliphatic rings. The van der Waals surface area contributed by atoms with E-state index in [2.05, 4.69) is 4.74 Å². The van der Waals surface area contributed by atoms with E-state index in [1.54, 1.807) is 4.90 Å². The van der Waals surface area contributed by atoms with Gasteiger partial charge in [0.1, 0.15) is 5.82 Å². The van der Waals surface area contributed by atoms with E-state index in [1.165, 1.54) is 19.2 Å². The predicted octanol–water partition coefficient (Wildman–Crippen LogP) is 1.73. The number of rotatable bonds is 6. The topological polar surface area (TPSA) is 72.7 Å². The number of non-ortho nitro benzene ring substituents is 1. The minimum absolute atomic E-state index is 0.0529. The molecule has 0 heterocycles. The highest BCUT2D eigenvalue weighted by atomic mass is 19.1. The molecule has 0 aliphatic heterocycles. The number of esters is 1. The maximum Gasteiger partial charge on any atom is 0.319 e. The van der Waals surface area contributed by atoms with Gasteiger partial charge in [0.05, 0.1) is 24.6 Å². The molecule has 0 unspecified atom stereocenters. The van der Waals surface area contributed by atoms with E-state index in [0.29, 0.717) is 12.1 Å². The van der Waals surface area contributed by atoms with Crippen LogP contribution in [-0.2, 0) is 16.1 Å². The molecule has 6 nitrogen and oxygen atoms in total. The fraction of sp³-hybridized carbons (Fsp3) is 0.417. The molecule has 0 radical (unpaired) electrons. The molecule has 0 aromatic heterocycles. The number of carbonyl (C=O) groups excluding carboxylic acids is 1. The SMILES string of the molecule is CCN(CC(=O)OC)Cc1cc(F)cc([N+](=O)[O-])c1. The summed E-state index contributed by atoms with van der Waals surface area (Å²) in [6, 6.07) is 3.37. The van der Waals surface area contributed by atoms with E-state index in [4.69, 9.17) is 0 Å². The highest BCUT2D eigenvalue weighted by Crippen LogP contribution is 2.17. The van der Waals surface area contributed by atoms with Crippen molar-refractivity contribution in [2.75, 3.05) is 20.2 Å². The maximum atomic E-state index is 13.3. The van der Waals surface area contributed by atoms with Crippen LogP contribution in [0.15, 0.2) is 18.2 Å². The highest BCUT2D eigenvalue weighted by molar-refractivity contribution is 5.71. The molecule has 0 fully saturated rings. The average Bonchev–Trinajstić information content (AvgIpc) is 2.36. The molecule has 104 valence electrons. The van der Waals surface area contributed by atoms with E-state index in [1.807, 2.05) is 6.92 Å². The van der Waals surface area contributed by atoms with Gasteiger partial charge in [0.15, 0.2) is 0 Å². The summed E-state index contributed by atoms with van der Waals surface area (Å²) < 4.78 is 17.8. The van der Waals surface area contributed by atoms with E-state index in [9.17, 15) is 19.3 Å². The lowest BCUT2D eigenvalue weighted by Gasteiger charge is -2.18. The van der Waals surface area contributed by atoms with Crippen molar-refractivity contribution in [2.24, 2.45) is 0 Å². The first kappa shape index (κ1) is 15.0. The van der Waals surface area contributed by atoms with Gasteiger partial charge in [-0.05, 0) is 18.2 Å². The minimum atomic E-state index is -0.668. The Kier molecular flexibility index (Phi) is 5.37. The number of halogens is 1. The number of methoxy groups -OCH3 is 1. The van der Waals surface area contributed by atoms with Crippen LogP contribution in [0.1, 0.15) is 12.5 Å². The van der Waals surface area contributed by atoms with Gasteiger partial charge in [-0.15, -0.1) is 0 Å². The molecule has 0 bridgehead atoms. The maximum absolute atomic E-state index is 13.3. The van der Waals surface area contributed by atoms with Crippen LogP contribution in [0.25, 0.3) is 0 Å². The van der Waals surface area contributed by atoms with Crippen LogP contribution >= 0.6 is 0 Å². The number of benzene rings is 1. The zero-order chi connectivity index (χ0) is 14.4. The van der Waals surface area contributed by atoms with Gasteiger partial charge in [-0.3, -0.25) is 19.8 Å². The zero-order valence-corrected chi connectivity index (χ0v) is 10.8. The summed E-state index contributed by atoms with van der Waals surface area (Å²) in [4.78, 5) is 22.9. The van der Waals surface area contributed by atoms with Crippen LogP contribution in [0.4, 0.5) is 10.1 Å². The zero-order valence-electron chi connectivity index (χ0n) is 10.8. The van der Waals surface area contributed by atoms with Crippen molar-refractivity contribution in [3.8, 4) is 0 Å². The van der Waals surface area contributed by atoms with E-state index >= 15 is 0 Å². The molecule has 19 heavy (non-hydrogen) atoms. The summed E-state index contributed by atoms with van der Waals surface area (Å²) in [7, 11) is 1.28. The third kappa shape index (κ3) is 4.63. The number of carbonyl (C=O) groups is 1. The largest absolute Gasteiger partial charge is 0.468 e. The van der Waals surface area contributed by atoms with Gasteiger partial charge >= 0.3 is 5.97 Å². The smallest absolute Gasteiger partial charge is 0.319 e. The Morgan fingerprint density at radius 1 is 1.47 bits per heavy atom. The molecule has 0 N–H and O–H groups in total. The molecule has 1 rings (SSSR count). The van der Waals surface area contributed by atoms with Gasteiger partial charge in [-0.25, -0.2) is 4.39 Å². The highest BCUT2D eigenvalue weighted by Gasteiger charge is 2.14. The summed E-state index contributed by atoms with van der Waals surface area (Å²) in [5, 5.41) is 10.6. The second kappa shape index (κ2) is 6.79. The summed E-state index contributed by atoms with van der Waals surface area (Å²) >= 11 is 0. The Balaban J connectivity index is 2.84. The van der Waals surface area contributed by atoms with Crippen molar-refractivity contribution in [1.29, 1.82) is 0 Å². The molecule has 1 aromatic carbocycles. The molecule has 0 saturated carbocycles. The van der Waals surface area contributed by atoms with Crippen LogP contribution in [-0.4, -0.2) is 36.0 Å². The monoisotopic (exact) mass is 270 g/mol. The van der Waals surface area contributed by atoms with Gasteiger partial charge in [0, 0.05) is 12.6 Å². The van der Waals surface area contributed by atoms with Gasteiger partial charge in [-0.1, -0.05) is 6.92 Å². The quantitative estimate of drug-likeness (QED) is 0.447. The number of hydrogen-bond donors (Lipinski definition) is 0. The minimum Gasteiger partial charge on any atom is -0.468 e. The summed E-state index contributed by atoms with van der Waals surface area (Å²) in [6.07, 6.45) is 0. The van der Waals surface area contributed by atoms with E-state index in [-0.39, 0.29) is 18.8 Å². The Hall–Kier alpha value is -2.02. The Bertz CT molecular complexity index is 479. The van der Waals surface area contributed by atoms with Crippen LogP contribution in [0.3, 0.4) is 0 Å². The number of likely N-dealkylation sites (N-methyl/N-ethyl adjacent to an activating group) is 1. The summed E-state index contributed by atoms with van der Waals surface area (Å²) in [6.45, 7) is 2.66. The van der Waals surface area contributed by atoms with Crippen molar-refractivity contribution < 1.29 is 18.8 Å². The Labute approximate surface area is 109 Å². The van der Waals surface area contributed by atoms with Crippen LogP contribution < -0.4 is 0 Å². The normalized spacial score (nSPS) is 10.5. The van der Waals surface area contributed by atoms with Crippen LogP contribution in [0.5, 0.6) is 0 Å². The van der Waals surface area contributed by atoms with Crippen molar-refractivity contribution in [1.82, 2.24) is 4.90 Å². The summed E-state index contributed by atoms with van der Waals surface area (Å²) in [5.41, 5.74) is 0.140. The molecular weight excluding hydrogens is 255 g/mol. The molecule has 0 amide bonds. The predicted molar refractivity (Wildman–Crippen MR) is 66.0 cm³/mol. The second-order valence-electron chi connectivity index (χ2n) is 3.95. The molecule has 0 saturated heterocycles. The van der Waals surface area contributed by atoms with Crippen molar-refractivity contribution >= 4 is 11.7 Å². The number of hydrogen-bond acceptors (Lipinski definition) is 5. The molecule has 1 aromatic rings. The number of ether oxygens (including phenoxy) is 1. The molecule has 7 heteroatoms. The van der Waals surface area contributed by atoms with Crippen molar-refractivity contribution in [3.05, 3.63) is 39.7 Å². The molecule has 0 aliphatic carbocycles. The third-order valence-electron chi connectivity index (χ3n) is 2.59. The second-order valence-corrected chi connectivity index (χ2v) is 3.95. The lowest BCUT2D eigenvalue weighted by atomic mass is 10.2. The Morgan fingerprint density at radius 3 is 2.68 bits per heavy atom. The lowest BCUT2D eigenvalue weighted by Crippen LogP contribution is -2.30. The van der Waals surface area contributed by atoms with E-state index < -0.39 is 16.7 Å². The Morgan fingerprint density at radius 2 is 2.16 bits per heavy atom. The fourth-order valence-electron chi connectivity index (χ4n) is 1.61. The van der Waals surface area contributed by atoms with Gasteiger partial charge in [0.25, 0.3) is 5.69 Å². The van der Waals surface area contributed by atoms with Crippen molar-refractivity contribution in [3.63, 3.8) is 0 Å². The number of nitro benzene ring substituents is 1. The van der Waals surface area contributed by atoms with Crippen LogP contribution in [0, 0.1) is 15.9 Å². The fourth-order valence-corrected chi connectivity index (χ4v) is 1.61. The first-order valence-electron chi connectivity index (χ1n) is 5.69. The molecule has 0 atom stereocenters. The van der Waals surface area contributed by atoms with Gasteiger partial charge in [-0.2, -0.15) is 0 Å². The van der Waals surface area contributed by atoms with E-state index in [0.717, 1.165) is 6.07 Å². The first-order valence-corrected chi connectivity index (χ1v) is 5.69. The van der Waals surface area contributed by atoms with Gasteiger partial charge in [0.2, 0.25) is 0 Å². The lowest BCUT2D eigenvalue weighted by molar-refractivity contribution is -0.385. The van der Waals surface area contributed by atoms with Crippen molar-refractivity contribution in [2.45, 2.75) is 13.5 Å². The average molecular weight is 270 g/mol. The first-order chi connectivity index (χ1) is 8.96. The number of nitrogens with zero attached hydrogens (tertiary/aromatic N) is 2. The van der Waals surface area contributed by atoms with Crippen LogP contribution in [0.2, 0.25) is 0 Å². The number of nitro groups is 1. The standard InChI is InChI=1S/C12H15FN2O4/c1-3-14(8-12(16)19-2)7-9-4-10(13)6-11(5-9)15(17)18/h4-6H,3,7-8H2,1-2H3. The summed E-state index contributed by atoms with van der Waals surface area (Å²) in [5.74, 6) is -1.08. The third-order valence-corrected chi connectivity index (χ3v) is 2.59. The van der Waals surface area contributed by atoms with Gasteiger partial charge < -0.3 is 4.74 Å². The molecule has 0 spiro atoms.